The first kappa shape index (κ1) is 44.6. The molecule has 0 spiro atoms. The van der Waals surface area contributed by atoms with Crippen LogP contribution in [0.1, 0.15) is 172 Å². The summed E-state index contributed by atoms with van der Waals surface area (Å²) in [4.78, 5) is 0. The van der Waals surface area contributed by atoms with Gasteiger partial charge in [0.25, 0.3) is 0 Å². The monoisotopic (exact) mass is 644 g/mol. The molecule has 0 fully saturated rings. The number of nitrogens with one attached hydrogen (secondary N) is 1. The number of hydrogen-bond acceptors (Lipinski definition) is 1. The van der Waals surface area contributed by atoms with Gasteiger partial charge in [0.05, 0.1) is 0 Å². The Morgan fingerprint density at radius 2 is 0.489 bits per heavy atom. The van der Waals surface area contributed by atoms with Gasteiger partial charge >= 0.3 is 0 Å². The van der Waals surface area contributed by atoms with Crippen molar-refractivity contribution in [2.24, 2.45) is 0 Å². The molecule has 0 aliphatic carbocycles. The Balaban J connectivity index is 4.21. The Bertz CT molecular complexity index is 1120. The number of hydrogen-bond donors (Lipinski definition) is 1. The first-order chi connectivity index (χ1) is 22.4. The molecule has 0 saturated heterocycles. The molecule has 0 unspecified atom stereocenters. The fraction of sp³-hybridized carbons (Fsp3) is 0.609. The molecule has 1 nitrogen and oxygen atoms in total. The molecule has 0 saturated carbocycles. The van der Waals surface area contributed by atoms with Gasteiger partial charge in [0.1, 0.15) is 0 Å². The van der Waals surface area contributed by atoms with Crippen LogP contribution in [0.5, 0.6) is 0 Å². The highest BCUT2D eigenvalue weighted by atomic mass is 14.8. The Morgan fingerprint density at radius 1 is 0.298 bits per heavy atom. The second kappa shape index (κ2) is 29.7. The maximum atomic E-state index is 3.19. The average molecular weight is 644 g/mol. The minimum absolute atomic E-state index is 0.970. The Kier molecular flexibility index (Phi) is 28.2. The molecule has 0 aliphatic heterocycles. The largest absolute Gasteiger partial charge is 0.316 e. The van der Waals surface area contributed by atoms with Crippen molar-refractivity contribution in [3.8, 4) is 0 Å². The van der Waals surface area contributed by atoms with E-state index in [2.05, 4.69) is 129 Å². The third-order valence-electron chi connectivity index (χ3n) is 8.97. The van der Waals surface area contributed by atoms with Crippen molar-refractivity contribution in [1.29, 1.82) is 0 Å². The van der Waals surface area contributed by atoms with E-state index in [0.29, 0.717) is 0 Å². The van der Waals surface area contributed by atoms with Gasteiger partial charge in [-0.1, -0.05) is 105 Å². The van der Waals surface area contributed by atoms with Crippen molar-refractivity contribution >= 4 is 0 Å². The summed E-state index contributed by atoms with van der Waals surface area (Å²) in [6.07, 6.45) is 40.6. The molecule has 47 heavy (non-hydrogen) atoms. The molecule has 0 aromatic carbocycles. The van der Waals surface area contributed by atoms with Crippen LogP contribution in [0.25, 0.3) is 0 Å². The van der Waals surface area contributed by atoms with Crippen LogP contribution >= 0.6 is 0 Å². The first-order valence-corrected chi connectivity index (χ1v) is 19.0. The molecule has 0 bridgehead atoms. The standard InChI is InChI=1S/C46H77N/c1-38(2)20-12-21-39(3)22-13-23-40(4)24-14-25-41(5)26-15-27-42(6)28-16-29-43(7)30-17-31-44(8)32-18-33-45(9)34-19-35-46(10)36-37-47-11/h20,22,24,26,28,30,32,34,36,47H,12-19,21,23,25,27,29,31,33,35,37H2,1-11H3/b39-22+,40-24+,41-26+,42-28+,43-30+,44-32+,45-34+,46-36+. The predicted molar refractivity (Wildman–Crippen MR) is 217 cm³/mol. The van der Waals surface area contributed by atoms with Crippen LogP contribution in [0.2, 0.25) is 0 Å². The SMILES string of the molecule is CNC/C=C(\C)CC/C=C(\C)CC/C=C(\C)CC/C=C(\C)CC/C=C(\C)CC/C=C(\C)CC/C=C(\C)CC/C=C(\C)CCC=C(C)C. The van der Waals surface area contributed by atoms with Gasteiger partial charge < -0.3 is 5.32 Å². The van der Waals surface area contributed by atoms with Gasteiger partial charge in [-0.2, -0.15) is 0 Å². The van der Waals surface area contributed by atoms with Crippen LogP contribution in [-0.2, 0) is 0 Å². The van der Waals surface area contributed by atoms with Crippen LogP contribution < -0.4 is 5.32 Å². The second-order valence-electron chi connectivity index (χ2n) is 14.6. The molecule has 1 heteroatoms. The molecular weight excluding hydrogens is 567 g/mol. The van der Waals surface area contributed by atoms with Crippen molar-refractivity contribution in [2.75, 3.05) is 13.6 Å². The molecule has 0 radical (unpaired) electrons. The van der Waals surface area contributed by atoms with Gasteiger partial charge in [0.2, 0.25) is 0 Å². The number of likely N-dealkylation sites (N-methyl/N-ethyl adjacent to an activating group) is 1. The summed E-state index contributed by atoms with van der Waals surface area (Å²) in [6.45, 7) is 23.6. The lowest BCUT2D eigenvalue weighted by Crippen LogP contribution is -2.04. The zero-order valence-corrected chi connectivity index (χ0v) is 33.2. The smallest absolute Gasteiger partial charge is 0.0134 e. The highest BCUT2D eigenvalue weighted by Gasteiger charge is 1.97. The summed E-state index contributed by atoms with van der Waals surface area (Å²) in [6, 6.07) is 0. The molecule has 0 amide bonds. The van der Waals surface area contributed by atoms with Gasteiger partial charge in [-0.15, -0.1) is 0 Å². The van der Waals surface area contributed by atoms with Crippen molar-refractivity contribution in [1.82, 2.24) is 5.32 Å². The maximum absolute atomic E-state index is 3.19. The Hall–Kier alpha value is -2.38. The summed E-state index contributed by atoms with van der Waals surface area (Å²) in [7, 11) is 2.00. The molecule has 0 aromatic heterocycles. The Labute approximate surface area is 295 Å². The van der Waals surface area contributed by atoms with Crippen molar-refractivity contribution in [3.05, 3.63) is 105 Å². The van der Waals surface area contributed by atoms with E-state index in [0.717, 1.165) is 38.6 Å². The molecular formula is C46H77N. The Morgan fingerprint density at radius 3 is 0.681 bits per heavy atom. The minimum atomic E-state index is 0.970. The lowest BCUT2D eigenvalue weighted by atomic mass is 10.0. The summed E-state index contributed by atoms with van der Waals surface area (Å²) in [5.74, 6) is 0. The molecule has 266 valence electrons. The molecule has 0 aromatic rings. The molecule has 0 aliphatic rings. The normalized spacial score (nSPS) is 14.7. The summed E-state index contributed by atoms with van der Waals surface area (Å²) < 4.78 is 0. The van der Waals surface area contributed by atoms with Gasteiger partial charge in [-0.05, 0) is 179 Å². The average Bonchev–Trinajstić information content (AvgIpc) is 2.99. The van der Waals surface area contributed by atoms with E-state index in [1.165, 1.54) is 121 Å². The summed E-state index contributed by atoms with van der Waals surface area (Å²) >= 11 is 0. The van der Waals surface area contributed by atoms with Crippen molar-refractivity contribution in [2.45, 2.75) is 172 Å². The van der Waals surface area contributed by atoms with Crippen LogP contribution in [0, 0.1) is 0 Å². The van der Waals surface area contributed by atoms with Crippen LogP contribution in [0.4, 0.5) is 0 Å². The zero-order chi connectivity index (χ0) is 35.3. The van der Waals surface area contributed by atoms with E-state index >= 15 is 0 Å². The fourth-order valence-corrected chi connectivity index (χ4v) is 5.50. The van der Waals surface area contributed by atoms with Gasteiger partial charge in [-0.3, -0.25) is 0 Å². The van der Waals surface area contributed by atoms with Gasteiger partial charge in [-0.25, -0.2) is 0 Å². The number of allylic oxidation sites excluding steroid dienone is 17. The second-order valence-corrected chi connectivity index (χ2v) is 14.6. The molecule has 0 heterocycles. The lowest BCUT2D eigenvalue weighted by Gasteiger charge is -2.04. The summed E-state index contributed by atoms with van der Waals surface area (Å²) in [5.41, 5.74) is 13.6. The van der Waals surface area contributed by atoms with E-state index < -0.39 is 0 Å². The van der Waals surface area contributed by atoms with Gasteiger partial charge in [0.15, 0.2) is 0 Å². The molecule has 0 atom stereocenters. The third-order valence-corrected chi connectivity index (χ3v) is 8.97. The number of rotatable bonds is 26. The topological polar surface area (TPSA) is 12.0 Å². The van der Waals surface area contributed by atoms with Crippen LogP contribution in [-0.4, -0.2) is 13.6 Å². The lowest BCUT2D eigenvalue weighted by molar-refractivity contribution is 0.876. The van der Waals surface area contributed by atoms with E-state index in [-0.39, 0.29) is 0 Å². The minimum Gasteiger partial charge on any atom is -0.316 e. The van der Waals surface area contributed by atoms with E-state index in [1.54, 1.807) is 0 Å². The maximum Gasteiger partial charge on any atom is 0.0134 e. The van der Waals surface area contributed by atoms with E-state index in [9.17, 15) is 0 Å². The highest BCUT2D eigenvalue weighted by Crippen LogP contribution is 2.17. The molecule has 0 rings (SSSR count). The van der Waals surface area contributed by atoms with E-state index in [4.69, 9.17) is 0 Å². The van der Waals surface area contributed by atoms with Gasteiger partial charge in [0, 0.05) is 6.54 Å². The first-order valence-electron chi connectivity index (χ1n) is 19.0. The van der Waals surface area contributed by atoms with E-state index in [1.807, 2.05) is 7.05 Å². The fourth-order valence-electron chi connectivity index (χ4n) is 5.50. The van der Waals surface area contributed by atoms with Crippen LogP contribution in [0.3, 0.4) is 0 Å². The quantitative estimate of drug-likeness (QED) is 0.0925. The molecule has 1 N–H and O–H groups in total. The highest BCUT2D eigenvalue weighted by molar-refractivity contribution is 5.10. The van der Waals surface area contributed by atoms with Crippen LogP contribution in [0.15, 0.2) is 105 Å². The third kappa shape index (κ3) is 30.7. The van der Waals surface area contributed by atoms with Crippen molar-refractivity contribution in [3.63, 3.8) is 0 Å². The summed E-state index contributed by atoms with van der Waals surface area (Å²) in [5, 5.41) is 3.19. The van der Waals surface area contributed by atoms with Crippen molar-refractivity contribution < 1.29 is 0 Å². The predicted octanol–water partition coefficient (Wildman–Crippen LogP) is 15.0. The zero-order valence-electron chi connectivity index (χ0n) is 33.2.